The third-order valence-electron chi connectivity index (χ3n) is 10.1. The average molecular weight is 615 g/mol. The first-order valence-corrected chi connectivity index (χ1v) is 16.0. The van der Waals surface area contributed by atoms with E-state index in [0.717, 1.165) is 70.3 Å². The zero-order valence-electron chi connectivity index (χ0n) is 24.5. The Bertz CT molecular complexity index is 1750. The molecule has 44 heavy (non-hydrogen) atoms. The van der Waals surface area contributed by atoms with Crippen molar-refractivity contribution in [3.05, 3.63) is 59.4 Å². The number of halogens is 2. The fourth-order valence-electron chi connectivity index (χ4n) is 8.04. The normalized spacial score (nSPS) is 22.5. The van der Waals surface area contributed by atoms with Crippen molar-refractivity contribution in [2.45, 2.75) is 56.1 Å². The number of nitrogens with two attached hydrogens (primary N) is 1. The highest BCUT2D eigenvalue weighted by atomic mass is 35.5. The third kappa shape index (κ3) is 4.73. The van der Waals surface area contributed by atoms with E-state index in [1.165, 1.54) is 6.07 Å². The van der Waals surface area contributed by atoms with Crippen LogP contribution in [0, 0.1) is 5.82 Å². The Hall–Kier alpha value is -3.66. The van der Waals surface area contributed by atoms with E-state index < -0.39 is 5.82 Å². The highest BCUT2D eigenvalue weighted by molar-refractivity contribution is 6.34. The third-order valence-corrected chi connectivity index (χ3v) is 10.4. The van der Waals surface area contributed by atoms with Crippen LogP contribution in [0.3, 0.4) is 0 Å². The van der Waals surface area contributed by atoms with Gasteiger partial charge in [0, 0.05) is 41.8 Å². The SMILES string of the molecule is Nc1cccc(-c2ccc(O)cc2-c2c(Cl)cc3c(N4CC5CCC(C4)N5)nc(OCC45CCCN4CCC5)nc3c2F)c1. The summed E-state index contributed by atoms with van der Waals surface area (Å²) in [6.07, 6.45) is 6.71. The molecule has 8 rings (SSSR count). The Morgan fingerprint density at radius 2 is 1.80 bits per heavy atom. The quantitative estimate of drug-likeness (QED) is 0.228. The van der Waals surface area contributed by atoms with Crippen LogP contribution in [0.5, 0.6) is 11.8 Å². The van der Waals surface area contributed by atoms with E-state index in [0.29, 0.717) is 46.7 Å². The zero-order chi connectivity index (χ0) is 30.0. The van der Waals surface area contributed by atoms with Gasteiger partial charge in [0.25, 0.3) is 0 Å². The maximum absolute atomic E-state index is 17.0. The first kappa shape index (κ1) is 27.9. The van der Waals surface area contributed by atoms with Gasteiger partial charge in [-0.05, 0) is 98.6 Å². The maximum atomic E-state index is 17.0. The van der Waals surface area contributed by atoms with Crippen LogP contribution >= 0.6 is 11.6 Å². The lowest BCUT2D eigenvalue weighted by molar-refractivity contribution is 0.108. The number of aromatic nitrogens is 2. The topological polar surface area (TPSA) is 99.8 Å². The summed E-state index contributed by atoms with van der Waals surface area (Å²) in [7, 11) is 0. The molecule has 4 aliphatic heterocycles. The van der Waals surface area contributed by atoms with Crippen molar-refractivity contribution in [1.82, 2.24) is 20.2 Å². The summed E-state index contributed by atoms with van der Waals surface area (Å²) in [6, 6.07) is 14.9. The number of rotatable bonds is 6. The first-order chi connectivity index (χ1) is 21.4. The van der Waals surface area contributed by atoms with Crippen LogP contribution in [0.1, 0.15) is 38.5 Å². The highest BCUT2D eigenvalue weighted by Crippen LogP contribution is 2.44. The van der Waals surface area contributed by atoms with E-state index in [4.69, 9.17) is 32.0 Å². The molecule has 1 aromatic heterocycles. The van der Waals surface area contributed by atoms with Gasteiger partial charge in [-0.15, -0.1) is 0 Å². The average Bonchev–Trinajstić information content (AvgIpc) is 3.69. The second-order valence-electron chi connectivity index (χ2n) is 12.9. The summed E-state index contributed by atoms with van der Waals surface area (Å²) in [5, 5.41) is 14.9. The van der Waals surface area contributed by atoms with Crippen LogP contribution < -0.4 is 20.7 Å². The van der Waals surface area contributed by atoms with Gasteiger partial charge in [-0.3, -0.25) is 4.90 Å². The van der Waals surface area contributed by atoms with E-state index in [1.807, 2.05) is 18.2 Å². The summed E-state index contributed by atoms with van der Waals surface area (Å²) in [4.78, 5) is 14.4. The Balaban J connectivity index is 1.27. The Labute approximate surface area is 261 Å². The molecule has 4 fully saturated rings. The largest absolute Gasteiger partial charge is 0.508 e. The van der Waals surface area contributed by atoms with Crippen LogP contribution in [-0.2, 0) is 0 Å². The van der Waals surface area contributed by atoms with Gasteiger partial charge >= 0.3 is 6.01 Å². The molecule has 0 saturated carbocycles. The molecule has 2 bridgehead atoms. The number of benzene rings is 3. The molecule has 2 unspecified atom stereocenters. The van der Waals surface area contributed by atoms with Crippen molar-refractivity contribution in [2.24, 2.45) is 0 Å². The van der Waals surface area contributed by atoms with Crippen LogP contribution in [0.4, 0.5) is 15.9 Å². The molecule has 4 aliphatic rings. The standard InChI is InChI=1S/C34H36ClFN6O2/c35-28-16-27-31(30(36)29(28)26-15-24(43)8-9-25(26)20-4-1-5-21(37)14-20)39-33(44-19-34-10-2-12-42(34)13-3-11-34)40-32(27)41-17-22-6-7-23(18-41)38-22/h1,4-5,8-9,14-16,22-23,38,43H,2-3,6-7,10-13,17-19,37H2. The predicted octanol–water partition coefficient (Wildman–Crippen LogP) is 5.99. The van der Waals surface area contributed by atoms with E-state index in [-0.39, 0.29) is 33.4 Å². The summed E-state index contributed by atoms with van der Waals surface area (Å²) in [5.41, 5.74) is 8.94. The number of nitrogen functional groups attached to an aromatic ring is 1. The molecule has 8 nitrogen and oxygen atoms in total. The van der Waals surface area contributed by atoms with Crippen LogP contribution in [0.2, 0.25) is 5.02 Å². The highest BCUT2D eigenvalue weighted by Gasteiger charge is 2.45. The van der Waals surface area contributed by atoms with Crippen LogP contribution in [0.15, 0.2) is 48.5 Å². The molecule has 10 heteroatoms. The molecule has 0 amide bonds. The summed E-state index contributed by atoms with van der Waals surface area (Å²) < 4.78 is 23.4. The van der Waals surface area contributed by atoms with Crippen molar-refractivity contribution >= 4 is 34.0 Å². The maximum Gasteiger partial charge on any atom is 0.319 e. The number of hydrogen-bond donors (Lipinski definition) is 3. The lowest BCUT2D eigenvalue weighted by atomic mass is 9.93. The molecule has 0 aliphatic carbocycles. The van der Waals surface area contributed by atoms with Gasteiger partial charge in [0.05, 0.1) is 10.6 Å². The van der Waals surface area contributed by atoms with Crippen LogP contribution in [0.25, 0.3) is 33.2 Å². The lowest BCUT2D eigenvalue weighted by Gasteiger charge is -2.35. The van der Waals surface area contributed by atoms with Crippen molar-refractivity contribution in [1.29, 1.82) is 0 Å². The molecule has 0 spiro atoms. The molecule has 4 saturated heterocycles. The van der Waals surface area contributed by atoms with Crippen molar-refractivity contribution < 1.29 is 14.2 Å². The number of aromatic hydroxyl groups is 1. The van der Waals surface area contributed by atoms with Gasteiger partial charge in [0.15, 0.2) is 5.82 Å². The molecule has 3 aromatic carbocycles. The molecular weight excluding hydrogens is 579 g/mol. The summed E-state index contributed by atoms with van der Waals surface area (Å²) in [6.45, 7) is 4.21. The molecule has 4 aromatic rings. The first-order valence-electron chi connectivity index (χ1n) is 15.6. The number of piperazine rings is 1. The number of phenolic OH excluding ortho intramolecular Hbond substituents is 1. The van der Waals surface area contributed by atoms with E-state index in [2.05, 4.69) is 15.1 Å². The monoisotopic (exact) mass is 614 g/mol. The number of ether oxygens (including phenoxy) is 1. The van der Waals surface area contributed by atoms with Gasteiger partial charge < -0.3 is 25.8 Å². The number of hydrogen-bond acceptors (Lipinski definition) is 8. The molecule has 0 radical (unpaired) electrons. The predicted molar refractivity (Wildman–Crippen MR) is 172 cm³/mol. The van der Waals surface area contributed by atoms with E-state index >= 15 is 4.39 Å². The number of nitrogens with zero attached hydrogens (tertiary/aromatic N) is 4. The molecular formula is C34H36ClFN6O2. The lowest BCUT2D eigenvalue weighted by Crippen LogP contribution is -2.51. The summed E-state index contributed by atoms with van der Waals surface area (Å²) in [5.74, 6) is 0.0788. The fourth-order valence-corrected chi connectivity index (χ4v) is 8.33. The minimum absolute atomic E-state index is 0.00356. The molecule has 4 N–H and O–H groups in total. The Morgan fingerprint density at radius 1 is 1.02 bits per heavy atom. The number of fused-ring (bicyclic) bond motifs is 4. The second-order valence-corrected chi connectivity index (χ2v) is 13.3. The van der Waals surface area contributed by atoms with Crippen molar-refractivity contribution in [2.75, 3.05) is 43.4 Å². The van der Waals surface area contributed by atoms with Gasteiger partial charge in [0.2, 0.25) is 0 Å². The number of anilines is 2. The van der Waals surface area contributed by atoms with Gasteiger partial charge in [-0.1, -0.05) is 29.8 Å². The second kappa shape index (κ2) is 10.8. The fraction of sp³-hybridized carbons (Fsp3) is 0.412. The molecule has 228 valence electrons. The van der Waals surface area contributed by atoms with Gasteiger partial charge in [-0.25, -0.2) is 4.39 Å². The number of nitrogens with one attached hydrogen (secondary N) is 1. The van der Waals surface area contributed by atoms with Crippen molar-refractivity contribution in [3.63, 3.8) is 0 Å². The summed E-state index contributed by atoms with van der Waals surface area (Å²) >= 11 is 6.94. The number of phenols is 1. The van der Waals surface area contributed by atoms with Crippen LogP contribution in [-0.4, -0.2) is 70.4 Å². The van der Waals surface area contributed by atoms with Crippen molar-refractivity contribution in [3.8, 4) is 34.0 Å². The minimum atomic E-state index is -0.573. The van der Waals surface area contributed by atoms with Gasteiger partial charge in [-0.2, -0.15) is 9.97 Å². The smallest absolute Gasteiger partial charge is 0.319 e. The Morgan fingerprint density at radius 3 is 2.55 bits per heavy atom. The molecule has 5 heterocycles. The molecule has 2 atom stereocenters. The zero-order valence-corrected chi connectivity index (χ0v) is 25.3. The minimum Gasteiger partial charge on any atom is -0.508 e. The van der Waals surface area contributed by atoms with E-state index in [9.17, 15) is 5.11 Å². The van der Waals surface area contributed by atoms with Gasteiger partial charge in [0.1, 0.15) is 23.7 Å². The van der Waals surface area contributed by atoms with E-state index in [1.54, 1.807) is 24.3 Å². The Kier molecular flexibility index (Phi) is 6.81.